The lowest BCUT2D eigenvalue weighted by atomic mass is 9.90. The van der Waals surface area contributed by atoms with Gasteiger partial charge in [-0.3, -0.25) is 24.4 Å². The van der Waals surface area contributed by atoms with Crippen LogP contribution in [0.1, 0.15) is 61.7 Å². The average molecular weight is 737 g/mol. The van der Waals surface area contributed by atoms with E-state index in [1.54, 1.807) is 36.9 Å². The summed E-state index contributed by atoms with van der Waals surface area (Å²) in [5.74, 6) is 0.702. The molecule has 0 radical (unpaired) electrons. The summed E-state index contributed by atoms with van der Waals surface area (Å²) < 4.78 is 0. The second-order valence-corrected chi connectivity index (χ2v) is 13.6. The van der Waals surface area contributed by atoms with Gasteiger partial charge in [0.25, 0.3) is 5.91 Å². The predicted octanol–water partition coefficient (Wildman–Crippen LogP) is 7.30. The molecule has 4 heterocycles. The summed E-state index contributed by atoms with van der Waals surface area (Å²) in [6, 6.07) is 9.08. The summed E-state index contributed by atoms with van der Waals surface area (Å²) in [6.45, 7) is 4.15. The molecular weight excluding hydrogens is 694 g/mol. The highest BCUT2D eigenvalue weighted by molar-refractivity contribution is 6.39. The van der Waals surface area contributed by atoms with Crippen LogP contribution in [0.2, 0.25) is 20.1 Å². The van der Waals surface area contributed by atoms with Crippen molar-refractivity contribution in [1.29, 1.82) is 0 Å². The van der Waals surface area contributed by atoms with Crippen molar-refractivity contribution in [3.8, 4) is 0 Å². The minimum absolute atomic E-state index is 0.0560. The van der Waals surface area contributed by atoms with Crippen LogP contribution in [0.15, 0.2) is 55.1 Å². The fraction of sp³-hybridized carbons (Fsp3) is 0.457. The Balaban J connectivity index is 0.000000229. The van der Waals surface area contributed by atoms with Crippen molar-refractivity contribution in [2.45, 2.75) is 51.4 Å². The summed E-state index contributed by atoms with van der Waals surface area (Å²) in [6.07, 6.45) is 12.1. The number of carbonyl (C=O) groups excluding carboxylic acids is 3. The van der Waals surface area contributed by atoms with Crippen molar-refractivity contribution in [1.82, 2.24) is 15.3 Å². The number of ketones is 2. The Bertz CT molecular complexity index is 1470. The molecule has 13 heteroatoms. The van der Waals surface area contributed by atoms with E-state index in [2.05, 4.69) is 25.1 Å². The third-order valence-corrected chi connectivity index (χ3v) is 9.84. The maximum absolute atomic E-state index is 12.5. The Hall–Kier alpha value is -2.95. The molecule has 1 aromatic carbocycles. The molecule has 2 aliphatic heterocycles. The van der Waals surface area contributed by atoms with E-state index in [9.17, 15) is 14.4 Å². The topological polar surface area (TPSA) is 122 Å². The molecule has 2 aromatic heterocycles. The van der Waals surface area contributed by atoms with Gasteiger partial charge in [0.05, 0.1) is 31.5 Å². The van der Waals surface area contributed by atoms with Gasteiger partial charge in [-0.15, -0.1) is 0 Å². The Morgan fingerprint density at radius 2 is 1.10 bits per heavy atom. The number of hydrogen-bond acceptors (Lipinski definition) is 8. The van der Waals surface area contributed by atoms with Gasteiger partial charge >= 0.3 is 0 Å². The van der Waals surface area contributed by atoms with Crippen LogP contribution in [0.5, 0.6) is 0 Å². The molecule has 0 spiro atoms. The number of Topliss-reactive ketones (excluding diaryl/α,β-unsaturated/α-hetero) is 2. The molecular formula is C35H42Cl4N6O3. The lowest BCUT2D eigenvalue weighted by molar-refractivity contribution is -0.124. The number of carbonyl (C=O) groups is 3. The molecule has 9 nitrogen and oxygen atoms in total. The lowest BCUT2D eigenvalue weighted by Gasteiger charge is -2.33. The zero-order chi connectivity index (χ0) is 34.5. The normalized spacial score (nSPS) is 15.4. The number of aromatic nitrogens is 2. The van der Waals surface area contributed by atoms with E-state index in [0.717, 1.165) is 69.7 Å². The Kier molecular flexibility index (Phi) is 15.2. The van der Waals surface area contributed by atoms with Gasteiger partial charge in [0, 0.05) is 87.8 Å². The van der Waals surface area contributed by atoms with E-state index >= 15 is 0 Å². The van der Waals surface area contributed by atoms with Crippen LogP contribution in [-0.4, -0.2) is 66.7 Å². The van der Waals surface area contributed by atoms with Crippen molar-refractivity contribution in [2.75, 3.05) is 49.1 Å². The van der Waals surface area contributed by atoms with Crippen LogP contribution in [0, 0.1) is 11.8 Å². The number of pyridine rings is 2. The summed E-state index contributed by atoms with van der Waals surface area (Å²) in [4.78, 5) is 48.7. The average Bonchev–Trinajstić information content (AvgIpc) is 3.10. The second-order valence-electron chi connectivity index (χ2n) is 12.0. The number of nitrogens with one attached hydrogen (secondary N) is 1. The van der Waals surface area contributed by atoms with Crippen molar-refractivity contribution in [2.24, 2.45) is 17.6 Å². The van der Waals surface area contributed by atoms with Crippen molar-refractivity contribution < 1.29 is 14.4 Å². The number of piperidine rings is 2. The molecule has 3 aromatic rings. The van der Waals surface area contributed by atoms with Gasteiger partial charge in [-0.2, -0.15) is 0 Å². The quantitative estimate of drug-likeness (QED) is 0.186. The molecule has 0 atom stereocenters. The highest BCUT2D eigenvalue weighted by atomic mass is 35.5. The number of amides is 1. The summed E-state index contributed by atoms with van der Waals surface area (Å²) in [7, 11) is 0. The molecule has 2 aliphatic rings. The number of rotatable bonds is 12. The van der Waals surface area contributed by atoms with Gasteiger partial charge in [-0.05, 0) is 57.2 Å². The largest absolute Gasteiger partial charge is 0.369 e. The molecule has 5 rings (SSSR count). The van der Waals surface area contributed by atoms with Crippen molar-refractivity contribution >= 4 is 75.3 Å². The number of anilines is 2. The van der Waals surface area contributed by atoms with E-state index in [1.807, 2.05) is 18.2 Å². The van der Waals surface area contributed by atoms with Crippen LogP contribution in [-0.2, 0) is 9.59 Å². The van der Waals surface area contributed by atoms with Gasteiger partial charge in [0.1, 0.15) is 11.6 Å². The van der Waals surface area contributed by atoms with Crippen LogP contribution in [0.4, 0.5) is 11.4 Å². The maximum Gasteiger partial charge on any atom is 0.251 e. The standard InChI is InChI=1S/C21H23Cl2N3O2.C14H19Cl2N3O/c22-17-13-24-14-18(23)20(17)26-11-8-15(9-12-26)19(27)7-4-10-25-21(28)16-5-2-1-3-6-16;15-11-8-18-9-12(16)14(11)19-6-3-10(4-7-19)13(20)2-1-5-17/h1-3,5-6,13-15H,4,7-12H2,(H,25,28);8-10H,1-7,17H2. The molecule has 48 heavy (non-hydrogen) atoms. The number of benzene rings is 1. The third-order valence-electron chi connectivity index (χ3n) is 8.74. The SMILES string of the molecule is NCCCC(=O)C1CCN(c2c(Cl)cncc2Cl)CC1.O=C(NCCCC(=O)C1CCN(c2c(Cl)cncc2Cl)CC1)c1ccccc1. The fourth-order valence-corrected chi connectivity index (χ4v) is 7.31. The number of halogens is 4. The summed E-state index contributed by atoms with van der Waals surface area (Å²) in [5.41, 5.74) is 7.70. The summed E-state index contributed by atoms with van der Waals surface area (Å²) in [5, 5.41) is 5.05. The first-order valence-electron chi connectivity index (χ1n) is 16.4. The van der Waals surface area contributed by atoms with E-state index in [-0.39, 0.29) is 23.5 Å². The maximum atomic E-state index is 12.5. The van der Waals surface area contributed by atoms with Crippen LogP contribution in [0.25, 0.3) is 0 Å². The second kappa shape index (κ2) is 19.3. The molecule has 258 valence electrons. The first-order valence-corrected chi connectivity index (χ1v) is 17.9. The molecule has 0 saturated carbocycles. The monoisotopic (exact) mass is 734 g/mol. The Labute approximate surface area is 302 Å². The highest BCUT2D eigenvalue weighted by Gasteiger charge is 2.28. The molecule has 2 saturated heterocycles. The third kappa shape index (κ3) is 10.8. The predicted molar refractivity (Wildman–Crippen MR) is 195 cm³/mol. The van der Waals surface area contributed by atoms with E-state index < -0.39 is 0 Å². The lowest BCUT2D eigenvalue weighted by Crippen LogP contribution is -2.37. The van der Waals surface area contributed by atoms with Gasteiger partial charge in [0.15, 0.2) is 0 Å². The van der Waals surface area contributed by atoms with Gasteiger partial charge < -0.3 is 20.9 Å². The minimum atomic E-state index is -0.104. The summed E-state index contributed by atoms with van der Waals surface area (Å²) >= 11 is 24.8. The van der Waals surface area contributed by atoms with Crippen LogP contribution in [0.3, 0.4) is 0 Å². The molecule has 2 fully saturated rings. The molecule has 0 bridgehead atoms. The minimum Gasteiger partial charge on any atom is -0.369 e. The Morgan fingerprint density at radius 1 is 0.688 bits per heavy atom. The van der Waals surface area contributed by atoms with Crippen LogP contribution < -0.4 is 20.9 Å². The van der Waals surface area contributed by atoms with Crippen molar-refractivity contribution in [3.63, 3.8) is 0 Å². The zero-order valence-corrected chi connectivity index (χ0v) is 29.9. The molecule has 0 aliphatic carbocycles. The van der Waals surface area contributed by atoms with Gasteiger partial charge in [0.2, 0.25) is 0 Å². The first kappa shape index (κ1) is 37.9. The highest BCUT2D eigenvalue weighted by Crippen LogP contribution is 2.36. The zero-order valence-electron chi connectivity index (χ0n) is 26.9. The van der Waals surface area contributed by atoms with E-state index in [1.165, 1.54) is 0 Å². The van der Waals surface area contributed by atoms with Gasteiger partial charge in [-0.25, -0.2) is 0 Å². The van der Waals surface area contributed by atoms with Crippen molar-refractivity contribution in [3.05, 3.63) is 80.8 Å². The molecule has 0 unspecified atom stereocenters. The number of hydrogen-bond donors (Lipinski definition) is 2. The van der Waals surface area contributed by atoms with E-state index in [4.69, 9.17) is 52.1 Å². The van der Waals surface area contributed by atoms with Gasteiger partial charge in [-0.1, -0.05) is 64.6 Å². The molecule has 3 N–H and O–H groups in total. The first-order chi connectivity index (χ1) is 23.2. The number of nitrogens with zero attached hydrogens (tertiary/aromatic N) is 4. The fourth-order valence-electron chi connectivity index (χ4n) is 6.10. The van der Waals surface area contributed by atoms with E-state index in [0.29, 0.717) is 63.8 Å². The van der Waals surface area contributed by atoms with Crippen LogP contribution >= 0.6 is 46.4 Å². The smallest absolute Gasteiger partial charge is 0.251 e. The number of nitrogens with two attached hydrogens (primary N) is 1. The molecule has 1 amide bonds. The Morgan fingerprint density at radius 3 is 1.52 bits per heavy atom.